The highest BCUT2D eigenvalue weighted by molar-refractivity contribution is 5.70. The van der Waals surface area contributed by atoms with E-state index < -0.39 is 12.6 Å². The molecule has 1 aliphatic rings. The highest BCUT2D eigenvalue weighted by atomic mass is 16.5. The van der Waals surface area contributed by atoms with E-state index in [1.807, 2.05) is 11.0 Å². The van der Waals surface area contributed by atoms with Gasteiger partial charge in [0.15, 0.2) is 18.1 Å². The summed E-state index contributed by atoms with van der Waals surface area (Å²) in [6, 6.07) is 5.30. The highest BCUT2D eigenvalue weighted by Crippen LogP contribution is 2.39. The van der Waals surface area contributed by atoms with Crippen LogP contribution in [0.3, 0.4) is 0 Å². The molecule has 0 saturated carbocycles. The van der Waals surface area contributed by atoms with Crippen molar-refractivity contribution in [2.24, 2.45) is 0 Å². The van der Waals surface area contributed by atoms with Crippen LogP contribution in [0.1, 0.15) is 0 Å². The molecular formula is C12H15NO5. The number of hydrogen-bond acceptors (Lipinski definition) is 5. The summed E-state index contributed by atoms with van der Waals surface area (Å²) in [7, 11) is 0. The number of hydrogen-bond donors (Lipinski definition) is 2. The Morgan fingerprint density at radius 3 is 3.06 bits per heavy atom. The predicted octanol–water partition coefficient (Wildman–Crippen LogP) is 0.341. The smallest absolute Gasteiger partial charge is 0.341 e. The van der Waals surface area contributed by atoms with Gasteiger partial charge in [-0.15, -0.1) is 0 Å². The first-order valence-corrected chi connectivity index (χ1v) is 5.68. The first kappa shape index (κ1) is 12.5. The fraction of sp³-hybridized carbons (Fsp3) is 0.417. The van der Waals surface area contributed by atoms with E-state index in [0.29, 0.717) is 31.2 Å². The number of nitrogens with zero attached hydrogens (tertiary/aromatic N) is 1. The number of β-amino-alcohol motifs (C(OH)–C–C–N with tert-alkyl or cyclic N) is 1. The lowest BCUT2D eigenvalue weighted by molar-refractivity contribution is -0.139. The van der Waals surface area contributed by atoms with Gasteiger partial charge in [-0.25, -0.2) is 4.79 Å². The van der Waals surface area contributed by atoms with Crippen LogP contribution in [0.25, 0.3) is 0 Å². The lowest BCUT2D eigenvalue weighted by Crippen LogP contribution is -2.35. The van der Waals surface area contributed by atoms with Crippen LogP contribution < -0.4 is 14.4 Å². The van der Waals surface area contributed by atoms with Crippen LogP contribution in [0, 0.1) is 0 Å². The molecule has 0 aliphatic carbocycles. The van der Waals surface area contributed by atoms with Gasteiger partial charge in [0.25, 0.3) is 0 Å². The largest absolute Gasteiger partial charge is 0.486 e. The number of aliphatic hydroxyl groups excluding tert-OH is 1. The second kappa shape index (κ2) is 5.59. The summed E-state index contributed by atoms with van der Waals surface area (Å²) in [5.41, 5.74) is 0.818. The molecule has 2 rings (SSSR count). The molecular weight excluding hydrogens is 238 g/mol. The summed E-state index contributed by atoms with van der Waals surface area (Å²) in [6.07, 6.45) is 0. The van der Waals surface area contributed by atoms with Gasteiger partial charge in [-0.2, -0.15) is 0 Å². The molecule has 0 fully saturated rings. The van der Waals surface area contributed by atoms with Crippen molar-refractivity contribution in [1.82, 2.24) is 0 Å². The van der Waals surface area contributed by atoms with Crippen molar-refractivity contribution in [3.63, 3.8) is 0 Å². The maximum absolute atomic E-state index is 10.5. The molecule has 2 N–H and O–H groups in total. The number of rotatable bonds is 5. The molecule has 0 spiro atoms. The van der Waals surface area contributed by atoms with E-state index in [4.69, 9.17) is 19.7 Å². The molecule has 0 amide bonds. The number of fused-ring (bicyclic) bond motifs is 1. The lowest BCUT2D eigenvalue weighted by atomic mass is 10.2. The van der Waals surface area contributed by atoms with Crippen LogP contribution in [0.15, 0.2) is 18.2 Å². The van der Waals surface area contributed by atoms with Gasteiger partial charge in [0.2, 0.25) is 0 Å². The minimum absolute atomic E-state index is 0.0552. The summed E-state index contributed by atoms with van der Waals surface area (Å²) in [5.74, 6) is -0.0772. The molecule has 0 radical (unpaired) electrons. The Morgan fingerprint density at radius 2 is 2.33 bits per heavy atom. The fourth-order valence-corrected chi connectivity index (χ4v) is 1.88. The number of carbonyl (C=O) groups is 1. The molecule has 1 aromatic rings. The number of anilines is 1. The summed E-state index contributed by atoms with van der Waals surface area (Å²) in [4.78, 5) is 12.5. The van der Waals surface area contributed by atoms with E-state index in [1.54, 1.807) is 12.1 Å². The topological polar surface area (TPSA) is 79.2 Å². The van der Waals surface area contributed by atoms with Gasteiger partial charge in [-0.1, -0.05) is 6.07 Å². The molecule has 0 bridgehead atoms. The number of carboxylic acid groups (broad SMARTS) is 1. The molecule has 1 aromatic carbocycles. The van der Waals surface area contributed by atoms with Gasteiger partial charge in [0, 0.05) is 6.54 Å². The van der Waals surface area contributed by atoms with E-state index in [9.17, 15) is 4.79 Å². The van der Waals surface area contributed by atoms with Gasteiger partial charge in [-0.05, 0) is 12.1 Å². The van der Waals surface area contributed by atoms with Crippen LogP contribution in [0.2, 0.25) is 0 Å². The molecule has 0 unspecified atom stereocenters. The summed E-state index contributed by atoms with van der Waals surface area (Å²) in [6.45, 7) is 1.34. The maximum Gasteiger partial charge on any atom is 0.341 e. The molecule has 1 heterocycles. The Kier molecular flexibility index (Phi) is 3.88. The maximum atomic E-state index is 10.5. The SMILES string of the molecule is O=C(O)COc1cccc2c1OCCN2CCO. The molecule has 18 heavy (non-hydrogen) atoms. The van der Waals surface area contributed by atoms with E-state index in [2.05, 4.69) is 0 Å². The molecule has 1 aliphatic heterocycles. The number of carboxylic acids is 1. The number of para-hydroxylation sites is 1. The standard InChI is InChI=1S/C12H15NO5/c14-6-4-13-5-7-17-12-9(13)2-1-3-10(12)18-8-11(15)16/h1-3,14H,4-8H2,(H,15,16). The van der Waals surface area contributed by atoms with E-state index in [1.165, 1.54) is 0 Å². The van der Waals surface area contributed by atoms with Crippen molar-refractivity contribution in [3.8, 4) is 11.5 Å². The van der Waals surface area contributed by atoms with Crippen molar-refractivity contribution < 1.29 is 24.5 Å². The minimum Gasteiger partial charge on any atom is -0.486 e. The van der Waals surface area contributed by atoms with Crippen LogP contribution in [-0.2, 0) is 4.79 Å². The van der Waals surface area contributed by atoms with Crippen LogP contribution in [0.5, 0.6) is 11.5 Å². The van der Waals surface area contributed by atoms with Gasteiger partial charge < -0.3 is 24.6 Å². The van der Waals surface area contributed by atoms with E-state index in [-0.39, 0.29) is 6.61 Å². The average Bonchev–Trinajstić information content (AvgIpc) is 2.37. The highest BCUT2D eigenvalue weighted by Gasteiger charge is 2.21. The molecule has 0 saturated heterocycles. The quantitative estimate of drug-likeness (QED) is 0.788. The molecule has 0 aromatic heterocycles. The third-order valence-corrected chi connectivity index (χ3v) is 2.63. The van der Waals surface area contributed by atoms with Crippen molar-refractivity contribution in [1.29, 1.82) is 0 Å². The zero-order valence-corrected chi connectivity index (χ0v) is 9.83. The Bertz CT molecular complexity index is 434. The zero-order valence-electron chi connectivity index (χ0n) is 9.83. The fourth-order valence-electron chi connectivity index (χ4n) is 1.88. The first-order chi connectivity index (χ1) is 8.72. The molecule has 6 heteroatoms. The Hall–Kier alpha value is -1.95. The third kappa shape index (κ3) is 2.65. The number of benzene rings is 1. The van der Waals surface area contributed by atoms with Crippen LogP contribution >= 0.6 is 0 Å². The van der Waals surface area contributed by atoms with Gasteiger partial charge in [-0.3, -0.25) is 0 Å². The van der Waals surface area contributed by atoms with Gasteiger partial charge in [0.1, 0.15) is 6.61 Å². The Morgan fingerprint density at radius 1 is 1.50 bits per heavy atom. The molecule has 0 atom stereocenters. The third-order valence-electron chi connectivity index (χ3n) is 2.63. The van der Waals surface area contributed by atoms with Crippen LogP contribution in [0.4, 0.5) is 5.69 Å². The van der Waals surface area contributed by atoms with Crippen molar-refractivity contribution in [3.05, 3.63) is 18.2 Å². The van der Waals surface area contributed by atoms with Gasteiger partial charge >= 0.3 is 5.97 Å². The molecule has 98 valence electrons. The Balaban J connectivity index is 2.22. The summed E-state index contributed by atoms with van der Waals surface area (Å²) in [5, 5.41) is 17.6. The van der Waals surface area contributed by atoms with Crippen LogP contribution in [-0.4, -0.2) is 49.1 Å². The van der Waals surface area contributed by atoms with E-state index >= 15 is 0 Å². The van der Waals surface area contributed by atoms with Gasteiger partial charge in [0.05, 0.1) is 18.8 Å². The van der Waals surface area contributed by atoms with Crippen molar-refractivity contribution in [2.45, 2.75) is 0 Å². The monoisotopic (exact) mass is 253 g/mol. The number of aliphatic hydroxyl groups is 1. The summed E-state index contributed by atoms with van der Waals surface area (Å²) >= 11 is 0. The second-order valence-electron chi connectivity index (χ2n) is 3.85. The predicted molar refractivity (Wildman–Crippen MR) is 64.4 cm³/mol. The minimum atomic E-state index is -1.03. The summed E-state index contributed by atoms with van der Waals surface area (Å²) < 4.78 is 10.7. The second-order valence-corrected chi connectivity index (χ2v) is 3.85. The molecule has 6 nitrogen and oxygen atoms in total. The Labute approximate surface area is 104 Å². The van der Waals surface area contributed by atoms with E-state index in [0.717, 1.165) is 5.69 Å². The van der Waals surface area contributed by atoms with Crippen molar-refractivity contribution in [2.75, 3.05) is 37.8 Å². The lowest BCUT2D eigenvalue weighted by Gasteiger charge is -2.31. The zero-order chi connectivity index (χ0) is 13.0. The number of ether oxygens (including phenoxy) is 2. The number of aliphatic carboxylic acids is 1. The first-order valence-electron chi connectivity index (χ1n) is 5.68. The normalized spacial score (nSPS) is 13.7. The average molecular weight is 253 g/mol. The van der Waals surface area contributed by atoms with Crippen molar-refractivity contribution >= 4 is 11.7 Å².